The van der Waals surface area contributed by atoms with Gasteiger partial charge >= 0.3 is 0 Å². The van der Waals surface area contributed by atoms with E-state index in [0.717, 1.165) is 21.5 Å². The molecule has 1 amide bonds. The predicted octanol–water partition coefficient (Wildman–Crippen LogP) is 4.37. The number of hydrogen-bond donors (Lipinski definition) is 1. The number of benzene rings is 2. The molecule has 8 heteroatoms. The van der Waals surface area contributed by atoms with Crippen molar-refractivity contribution in [1.29, 1.82) is 0 Å². The lowest BCUT2D eigenvalue weighted by Gasteiger charge is -2.12. The second kappa shape index (κ2) is 9.29. The molecule has 0 saturated heterocycles. The van der Waals surface area contributed by atoms with Crippen LogP contribution in [0.25, 0.3) is 16.3 Å². The molecule has 0 spiro atoms. The van der Waals surface area contributed by atoms with Crippen molar-refractivity contribution >= 4 is 38.7 Å². The average molecular weight is 414 g/mol. The molecule has 29 heavy (non-hydrogen) atoms. The Labute approximate surface area is 172 Å². The zero-order valence-electron chi connectivity index (χ0n) is 16.6. The highest BCUT2D eigenvalue weighted by Gasteiger charge is 2.12. The van der Waals surface area contributed by atoms with E-state index >= 15 is 0 Å². The van der Waals surface area contributed by atoms with E-state index < -0.39 is 0 Å². The van der Waals surface area contributed by atoms with Crippen LogP contribution in [0.15, 0.2) is 36.4 Å². The molecule has 1 N–H and O–H groups in total. The summed E-state index contributed by atoms with van der Waals surface area (Å²) >= 11 is 1.39. The molecule has 1 heterocycles. The van der Waals surface area contributed by atoms with Crippen molar-refractivity contribution in [3.05, 3.63) is 42.0 Å². The molecule has 3 rings (SSSR count). The lowest BCUT2D eigenvalue weighted by Crippen LogP contribution is -2.07. The monoisotopic (exact) mass is 414 g/mol. The fraction of sp³-hybridized carbons (Fsp3) is 0.238. The van der Waals surface area contributed by atoms with Gasteiger partial charge in [-0.05, 0) is 48.9 Å². The summed E-state index contributed by atoms with van der Waals surface area (Å²) in [4.78, 5) is 16.7. The molecule has 0 fully saturated rings. The number of ether oxygens (including phenoxy) is 4. The zero-order valence-corrected chi connectivity index (χ0v) is 17.5. The number of nitrogens with one attached hydrogen (secondary N) is 1. The lowest BCUT2D eigenvalue weighted by atomic mass is 10.1. The molecular formula is C21H22N2O5S. The molecule has 0 bridgehead atoms. The summed E-state index contributed by atoms with van der Waals surface area (Å²) in [5.74, 6) is 2.02. The minimum Gasteiger partial charge on any atom is -0.494 e. The van der Waals surface area contributed by atoms with Crippen molar-refractivity contribution in [1.82, 2.24) is 4.98 Å². The molecule has 0 aliphatic heterocycles. The normalized spacial score (nSPS) is 10.9. The van der Waals surface area contributed by atoms with E-state index in [-0.39, 0.29) is 5.91 Å². The first-order chi connectivity index (χ1) is 14.1. The van der Waals surface area contributed by atoms with Gasteiger partial charge in [0.05, 0.1) is 38.2 Å². The third-order valence-electron chi connectivity index (χ3n) is 4.02. The van der Waals surface area contributed by atoms with E-state index in [0.29, 0.717) is 29.0 Å². The van der Waals surface area contributed by atoms with Crippen molar-refractivity contribution in [3.8, 4) is 23.0 Å². The number of anilines is 1. The van der Waals surface area contributed by atoms with Crippen LogP contribution in [-0.4, -0.2) is 38.8 Å². The van der Waals surface area contributed by atoms with E-state index in [1.165, 1.54) is 17.4 Å². The van der Waals surface area contributed by atoms with Crippen LogP contribution < -0.4 is 24.3 Å². The van der Waals surface area contributed by atoms with E-state index in [4.69, 9.17) is 18.9 Å². The predicted molar refractivity (Wildman–Crippen MR) is 115 cm³/mol. The Hall–Kier alpha value is -3.26. The maximum atomic E-state index is 12.3. The quantitative estimate of drug-likeness (QED) is 0.552. The fourth-order valence-corrected chi connectivity index (χ4v) is 3.63. The Kier molecular flexibility index (Phi) is 6.56. The number of amides is 1. The van der Waals surface area contributed by atoms with Gasteiger partial charge in [0, 0.05) is 6.08 Å². The molecule has 0 saturated carbocycles. The highest BCUT2D eigenvalue weighted by atomic mass is 32.1. The van der Waals surface area contributed by atoms with Gasteiger partial charge in [0.1, 0.15) is 5.75 Å². The number of thiazole rings is 1. The number of nitrogens with zero attached hydrogens (tertiary/aromatic N) is 1. The Balaban J connectivity index is 1.75. The second-order valence-electron chi connectivity index (χ2n) is 5.86. The standard InChI is InChI=1S/C21H22N2O5S/c1-5-28-14-7-8-15-18(12-14)29-21(22-15)23-19(24)9-6-13-10-16(25-2)20(27-4)17(11-13)26-3/h6-12H,5H2,1-4H3,(H,22,23,24)/b9-6+. The number of methoxy groups -OCH3 is 3. The van der Waals surface area contributed by atoms with Gasteiger partial charge in [-0.1, -0.05) is 11.3 Å². The fourth-order valence-electron chi connectivity index (χ4n) is 2.73. The van der Waals surface area contributed by atoms with Gasteiger partial charge in [0.15, 0.2) is 16.6 Å². The van der Waals surface area contributed by atoms with E-state index in [1.807, 2.05) is 25.1 Å². The van der Waals surface area contributed by atoms with Crippen molar-refractivity contribution in [2.24, 2.45) is 0 Å². The van der Waals surface area contributed by atoms with Crippen LogP contribution in [0.3, 0.4) is 0 Å². The van der Waals surface area contributed by atoms with Gasteiger partial charge in [0.25, 0.3) is 0 Å². The summed E-state index contributed by atoms with van der Waals surface area (Å²) in [5, 5.41) is 3.31. The molecule has 152 valence electrons. The number of rotatable bonds is 8. The van der Waals surface area contributed by atoms with Crippen LogP contribution in [0.2, 0.25) is 0 Å². The van der Waals surface area contributed by atoms with Crippen molar-refractivity contribution in [2.45, 2.75) is 6.92 Å². The molecule has 0 aliphatic rings. The van der Waals surface area contributed by atoms with E-state index in [9.17, 15) is 4.79 Å². The minimum atomic E-state index is -0.289. The summed E-state index contributed by atoms with van der Waals surface area (Å²) in [6, 6.07) is 9.17. The van der Waals surface area contributed by atoms with Gasteiger partial charge in [-0.3, -0.25) is 10.1 Å². The molecular weight excluding hydrogens is 392 g/mol. The Morgan fingerprint density at radius 2 is 1.83 bits per heavy atom. The van der Waals surface area contributed by atoms with Crippen LogP contribution in [0, 0.1) is 0 Å². The summed E-state index contributed by atoms with van der Waals surface area (Å²) in [7, 11) is 4.63. The Morgan fingerprint density at radius 1 is 1.10 bits per heavy atom. The topological polar surface area (TPSA) is 78.9 Å². The first-order valence-electron chi connectivity index (χ1n) is 8.90. The maximum Gasteiger partial charge on any atom is 0.250 e. The summed E-state index contributed by atoms with van der Waals surface area (Å²) < 4.78 is 22.4. The SMILES string of the molecule is CCOc1ccc2nc(NC(=O)/C=C/c3cc(OC)c(OC)c(OC)c3)sc2c1. The molecule has 0 aliphatic carbocycles. The number of hydrogen-bond acceptors (Lipinski definition) is 7. The van der Waals surface area contributed by atoms with E-state index in [1.54, 1.807) is 39.5 Å². The van der Waals surface area contributed by atoms with Gasteiger partial charge in [0.2, 0.25) is 11.7 Å². The Bertz CT molecular complexity index is 1020. The number of carbonyl (C=O) groups is 1. The van der Waals surface area contributed by atoms with Gasteiger partial charge in [-0.15, -0.1) is 0 Å². The van der Waals surface area contributed by atoms with Crippen LogP contribution in [0.5, 0.6) is 23.0 Å². The number of aromatic nitrogens is 1. The van der Waals surface area contributed by atoms with Gasteiger partial charge in [-0.25, -0.2) is 4.98 Å². The minimum absolute atomic E-state index is 0.289. The van der Waals surface area contributed by atoms with Crippen LogP contribution in [0.1, 0.15) is 12.5 Å². The molecule has 0 atom stereocenters. The molecule has 3 aromatic rings. The Morgan fingerprint density at radius 3 is 2.45 bits per heavy atom. The summed E-state index contributed by atoms with van der Waals surface area (Å²) in [5.41, 5.74) is 1.54. The van der Waals surface area contributed by atoms with Crippen molar-refractivity contribution < 1.29 is 23.7 Å². The van der Waals surface area contributed by atoms with Gasteiger partial charge < -0.3 is 18.9 Å². The smallest absolute Gasteiger partial charge is 0.250 e. The summed E-state index contributed by atoms with van der Waals surface area (Å²) in [6.45, 7) is 2.53. The lowest BCUT2D eigenvalue weighted by molar-refractivity contribution is -0.111. The van der Waals surface area contributed by atoms with Crippen molar-refractivity contribution in [2.75, 3.05) is 33.3 Å². The largest absolute Gasteiger partial charge is 0.494 e. The number of fused-ring (bicyclic) bond motifs is 1. The highest BCUT2D eigenvalue weighted by molar-refractivity contribution is 7.22. The summed E-state index contributed by atoms with van der Waals surface area (Å²) in [6.07, 6.45) is 3.10. The average Bonchev–Trinajstić information content (AvgIpc) is 3.12. The zero-order chi connectivity index (χ0) is 20.8. The molecule has 0 radical (unpaired) electrons. The first kappa shape index (κ1) is 20.5. The van der Waals surface area contributed by atoms with Crippen LogP contribution >= 0.6 is 11.3 Å². The van der Waals surface area contributed by atoms with Crippen LogP contribution in [0.4, 0.5) is 5.13 Å². The maximum absolute atomic E-state index is 12.3. The third kappa shape index (κ3) is 4.78. The molecule has 2 aromatic carbocycles. The van der Waals surface area contributed by atoms with Gasteiger partial charge in [-0.2, -0.15) is 0 Å². The third-order valence-corrected chi connectivity index (χ3v) is 4.95. The van der Waals surface area contributed by atoms with E-state index in [2.05, 4.69) is 10.3 Å². The second-order valence-corrected chi connectivity index (χ2v) is 6.89. The van der Waals surface area contributed by atoms with Crippen molar-refractivity contribution in [3.63, 3.8) is 0 Å². The molecule has 7 nitrogen and oxygen atoms in total. The first-order valence-corrected chi connectivity index (χ1v) is 9.72. The molecule has 0 unspecified atom stereocenters. The highest BCUT2D eigenvalue weighted by Crippen LogP contribution is 2.38. The number of carbonyl (C=O) groups excluding carboxylic acids is 1. The molecule has 1 aromatic heterocycles. The van der Waals surface area contributed by atoms with Crippen LogP contribution in [-0.2, 0) is 4.79 Å².